The van der Waals surface area contributed by atoms with Crippen LogP contribution in [0.4, 0.5) is 5.13 Å². The standard InChI is InChI=1S/C7H10N2S/c1-4-2-5(4)6-3-10-7(8)9-6/h3-5H,2H2,1H3,(H2,8,9). The highest BCUT2D eigenvalue weighted by Crippen LogP contribution is 2.46. The van der Waals surface area contributed by atoms with Crippen LogP contribution in [-0.4, -0.2) is 4.98 Å². The Bertz CT molecular complexity index is 244. The van der Waals surface area contributed by atoms with Gasteiger partial charge in [-0.2, -0.15) is 0 Å². The number of hydrogen-bond donors (Lipinski definition) is 1. The Balaban J connectivity index is 2.20. The van der Waals surface area contributed by atoms with E-state index in [1.165, 1.54) is 12.1 Å². The summed E-state index contributed by atoms with van der Waals surface area (Å²) >= 11 is 1.54. The second kappa shape index (κ2) is 1.95. The molecule has 2 atom stereocenters. The average molecular weight is 154 g/mol. The van der Waals surface area contributed by atoms with Crippen molar-refractivity contribution in [2.24, 2.45) is 5.92 Å². The van der Waals surface area contributed by atoms with Gasteiger partial charge in [-0.15, -0.1) is 11.3 Å². The quantitative estimate of drug-likeness (QED) is 0.670. The lowest BCUT2D eigenvalue weighted by Crippen LogP contribution is -1.84. The molecule has 0 spiro atoms. The number of aromatic nitrogens is 1. The predicted octanol–water partition coefficient (Wildman–Crippen LogP) is 1.85. The summed E-state index contributed by atoms with van der Waals surface area (Å²) in [5, 5.41) is 2.78. The molecule has 0 bridgehead atoms. The van der Waals surface area contributed by atoms with Gasteiger partial charge in [0.1, 0.15) is 0 Å². The minimum absolute atomic E-state index is 0.703. The van der Waals surface area contributed by atoms with Crippen LogP contribution < -0.4 is 5.73 Å². The van der Waals surface area contributed by atoms with Crippen LogP contribution in [0.1, 0.15) is 25.0 Å². The molecule has 2 unspecified atom stereocenters. The summed E-state index contributed by atoms with van der Waals surface area (Å²) in [5.41, 5.74) is 6.70. The summed E-state index contributed by atoms with van der Waals surface area (Å²) in [6.45, 7) is 2.25. The lowest BCUT2D eigenvalue weighted by molar-refractivity contribution is 0.894. The molecular weight excluding hydrogens is 144 g/mol. The fourth-order valence-corrected chi connectivity index (χ4v) is 1.83. The molecule has 1 saturated carbocycles. The van der Waals surface area contributed by atoms with Crippen molar-refractivity contribution >= 4 is 16.5 Å². The zero-order valence-corrected chi connectivity index (χ0v) is 6.69. The van der Waals surface area contributed by atoms with E-state index in [-0.39, 0.29) is 0 Å². The lowest BCUT2D eigenvalue weighted by atomic mass is 10.3. The van der Waals surface area contributed by atoms with Gasteiger partial charge in [-0.3, -0.25) is 0 Å². The summed E-state index contributed by atoms with van der Waals surface area (Å²) in [6, 6.07) is 0. The summed E-state index contributed by atoms with van der Waals surface area (Å²) < 4.78 is 0. The Kier molecular flexibility index (Phi) is 1.20. The molecule has 1 aromatic rings. The van der Waals surface area contributed by atoms with Crippen molar-refractivity contribution in [2.75, 3.05) is 5.73 Å². The van der Waals surface area contributed by atoms with E-state index in [0.29, 0.717) is 11.0 Å². The predicted molar refractivity (Wildman–Crippen MR) is 43.0 cm³/mol. The van der Waals surface area contributed by atoms with Crippen molar-refractivity contribution in [3.63, 3.8) is 0 Å². The van der Waals surface area contributed by atoms with Crippen molar-refractivity contribution in [1.29, 1.82) is 0 Å². The number of hydrogen-bond acceptors (Lipinski definition) is 3. The Morgan fingerprint density at radius 1 is 1.80 bits per heavy atom. The Hall–Kier alpha value is -0.570. The van der Waals surface area contributed by atoms with Crippen LogP contribution in [0.3, 0.4) is 0 Å². The molecule has 0 amide bonds. The molecule has 1 aromatic heterocycles. The van der Waals surface area contributed by atoms with Gasteiger partial charge in [-0.05, 0) is 12.3 Å². The molecule has 1 fully saturated rings. The SMILES string of the molecule is CC1CC1c1csc(N)n1. The maximum Gasteiger partial charge on any atom is 0.180 e. The van der Waals surface area contributed by atoms with E-state index in [4.69, 9.17) is 5.73 Å². The zero-order valence-electron chi connectivity index (χ0n) is 5.87. The van der Waals surface area contributed by atoms with Crippen molar-refractivity contribution in [1.82, 2.24) is 4.98 Å². The highest BCUT2D eigenvalue weighted by molar-refractivity contribution is 7.13. The van der Waals surface area contributed by atoms with Crippen LogP contribution in [0.25, 0.3) is 0 Å². The first-order valence-corrected chi connectivity index (χ1v) is 4.36. The summed E-state index contributed by atoms with van der Waals surface area (Å²) in [5.74, 6) is 1.55. The van der Waals surface area contributed by atoms with Crippen LogP contribution in [0.15, 0.2) is 5.38 Å². The average Bonchev–Trinajstić information content (AvgIpc) is 2.42. The molecule has 0 aromatic carbocycles. The van der Waals surface area contributed by atoms with Gasteiger partial charge < -0.3 is 5.73 Å². The molecule has 1 aliphatic carbocycles. The van der Waals surface area contributed by atoms with Crippen LogP contribution >= 0.6 is 11.3 Å². The highest BCUT2D eigenvalue weighted by atomic mass is 32.1. The molecule has 10 heavy (non-hydrogen) atoms. The molecule has 1 heterocycles. The molecule has 3 heteroatoms. The molecule has 2 N–H and O–H groups in total. The van der Waals surface area contributed by atoms with E-state index < -0.39 is 0 Å². The van der Waals surface area contributed by atoms with Crippen molar-refractivity contribution in [3.05, 3.63) is 11.1 Å². The monoisotopic (exact) mass is 154 g/mol. The van der Waals surface area contributed by atoms with E-state index in [2.05, 4.69) is 17.3 Å². The molecule has 0 aliphatic heterocycles. The number of nitrogens with zero attached hydrogens (tertiary/aromatic N) is 1. The first-order chi connectivity index (χ1) is 4.77. The summed E-state index contributed by atoms with van der Waals surface area (Å²) in [6.07, 6.45) is 1.29. The number of nitrogens with two attached hydrogens (primary N) is 1. The largest absolute Gasteiger partial charge is 0.375 e. The Morgan fingerprint density at radius 3 is 2.90 bits per heavy atom. The molecule has 0 saturated heterocycles. The third-order valence-electron chi connectivity index (χ3n) is 2.03. The van der Waals surface area contributed by atoms with Gasteiger partial charge >= 0.3 is 0 Å². The maximum absolute atomic E-state index is 5.50. The molecule has 0 radical (unpaired) electrons. The second-order valence-corrected chi connectivity index (χ2v) is 3.82. The Morgan fingerprint density at radius 2 is 2.50 bits per heavy atom. The van der Waals surface area contributed by atoms with Gasteiger partial charge in [0.05, 0.1) is 5.69 Å². The van der Waals surface area contributed by atoms with E-state index in [1.54, 1.807) is 11.3 Å². The minimum atomic E-state index is 0.703. The lowest BCUT2D eigenvalue weighted by Gasteiger charge is -1.86. The van der Waals surface area contributed by atoms with E-state index in [9.17, 15) is 0 Å². The van der Waals surface area contributed by atoms with Crippen LogP contribution in [0.5, 0.6) is 0 Å². The second-order valence-electron chi connectivity index (χ2n) is 2.93. The molecule has 2 nitrogen and oxygen atoms in total. The van der Waals surface area contributed by atoms with Gasteiger partial charge in [-0.1, -0.05) is 6.92 Å². The number of anilines is 1. The highest BCUT2D eigenvalue weighted by Gasteiger charge is 2.35. The summed E-state index contributed by atoms with van der Waals surface area (Å²) in [7, 11) is 0. The zero-order chi connectivity index (χ0) is 7.14. The third-order valence-corrected chi connectivity index (χ3v) is 2.72. The first-order valence-electron chi connectivity index (χ1n) is 3.48. The minimum Gasteiger partial charge on any atom is -0.375 e. The molecule has 1 aliphatic rings. The van der Waals surface area contributed by atoms with E-state index in [1.807, 2.05) is 0 Å². The van der Waals surface area contributed by atoms with E-state index >= 15 is 0 Å². The normalized spacial score (nSPS) is 30.5. The summed E-state index contributed by atoms with van der Waals surface area (Å²) in [4.78, 5) is 4.22. The van der Waals surface area contributed by atoms with Crippen LogP contribution in [-0.2, 0) is 0 Å². The number of rotatable bonds is 1. The van der Waals surface area contributed by atoms with Crippen molar-refractivity contribution in [2.45, 2.75) is 19.3 Å². The maximum atomic E-state index is 5.50. The molecular formula is C7H10N2S. The molecule has 54 valence electrons. The van der Waals surface area contributed by atoms with Gasteiger partial charge in [0.2, 0.25) is 0 Å². The number of nitrogen functional groups attached to an aromatic ring is 1. The van der Waals surface area contributed by atoms with Gasteiger partial charge in [0.25, 0.3) is 0 Å². The van der Waals surface area contributed by atoms with Gasteiger partial charge in [-0.25, -0.2) is 4.98 Å². The van der Waals surface area contributed by atoms with Gasteiger partial charge in [0.15, 0.2) is 5.13 Å². The smallest absolute Gasteiger partial charge is 0.180 e. The first kappa shape index (κ1) is 6.16. The fraction of sp³-hybridized carbons (Fsp3) is 0.571. The van der Waals surface area contributed by atoms with Crippen LogP contribution in [0, 0.1) is 5.92 Å². The Labute approximate surface area is 64.1 Å². The van der Waals surface area contributed by atoms with Crippen LogP contribution in [0.2, 0.25) is 0 Å². The third kappa shape index (κ3) is 0.904. The number of thiazole rings is 1. The fourth-order valence-electron chi connectivity index (χ4n) is 1.21. The van der Waals surface area contributed by atoms with Crippen molar-refractivity contribution in [3.8, 4) is 0 Å². The topological polar surface area (TPSA) is 38.9 Å². The van der Waals surface area contributed by atoms with E-state index in [0.717, 1.165) is 5.92 Å². The van der Waals surface area contributed by atoms with Gasteiger partial charge in [0, 0.05) is 11.3 Å². The molecule has 2 rings (SSSR count). The van der Waals surface area contributed by atoms with Crippen molar-refractivity contribution < 1.29 is 0 Å².